The summed E-state index contributed by atoms with van der Waals surface area (Å²) in [6, 6.07) is 3.79. The first-order valence-electron chi connectivity index (χ1n) is 12.6. The maximum atomic E-state index is 15.2. The van der Waals surface area contributed by atoms with E-state index in [4.69, 9.17) is 9.72 Å². The lowest BCUT2D eigenvalue weighted by molar-refractivity contribution is 0.0546. The second-order valence-electron chi connectivity index (χ2n) is 10.5. The number of anilines is 3. The molecule has 1 saturated heterocycles. The number of alkyl carbamates (subject to hydrolysis) is 1. The number of aromatic nitrogens is 5. The Hall–Kier alpha value is -3.41. The Kier molecular flexibility index (Phi) is 5.70. The number of carbonyl (C=O) groups excluding carboxylic acids is 1. The smallest absolute Gasteiger partial charge is 0.407 e. The molecule has 3 fully saturated rings. The van der Waals surface area contributed by atoms with Gasteiger partial charge in [0.1, 0.15) is 23.7 Å². The van der Waals surface area contributed by atoms with Crippen LogP contribution in [-0.2, 0) is 4.74 Å². The quantitative estimate of drug-likeness (QED) is 0.476. The number of halogens is 1. The molecule has 0 unspecified atom stereocenters. The van der Waals surface area contributed by atoms with Crippen LogP contribution in [0.3, 0.4) is 0 Å². The maximum absolute atomic E-state index is 15.2. The van der Waals surface area contributed by atoms with Crippen molar-refractivity contribution < 1.29 is 13.9 Å². The van der Waals surface area contributed by atoms with Gasteiger partial charge in [0.15, 0.2) is 5.82 Å². The molecular weight excluding hydrogens is 465 g/mol. The molecule has 3 atom stereocenters. The van der Waals surface area contributed by atoms with Gasteiger partial charge in [-0.15, -0.1) is 0 Å². The molecule has 12 heteroatoms. The van der Waals surface area contributed by atoms with E-state index in [1.54, 1.807) is 12.3 Å². The minimum atomic E-state index is -1.30. The summed E-state index contributed by atoms with van der Waals surface area (Å²) in [4.78, 5) is 26.0. The van der Waals surface area contributed by atoms with E-state index in [2.05, 4.69) is 42.7 Å². The molecule has 0 radical (unpaired) electrons. The van der Waals surface area contributed by atoms with Gasteiger partial charge in [0.25, 0.3) is 0 Å². The zero-order valence-electron chi connectivity index (χ0n) is 20.6. The van der Waals surface area contributed by atoms with Crippen molar-refractivity contribution in [3.63, 3.8) is 0 Å². The zero-order chi connectivity index (χ0) is 24.9. The Bertz CT molecular complexity index is 1250. The molecule has 6 rings (SSSR count). The fourth-order valence-electron chi connectivity index (χ4n) is 5.00. The zero-order valence-corrected chi connectivity index (χ0v) is 20.6. The van der Waals surface area contributed by atoms with Gasteiger partial charge in [0, 0.05) is 67.9 Å². The Morgan fingerprint density at radius 1 is 1.22 bits per heavy atom. The molecule has 3 N–H and O–H groups in total. The number of nitrogens with zero attached hydrogens (tertiary/aromatic N) is 6. The average Bonchev–Trinajstić information content (AvgIpc) is 3.23. The minimum Gasteiger partial charge on any atom is -0.443 e. The molecule has 3 aromatic rings. The Labute approximate surface area is 208 Å². The van der Waals surface area contributed by atoms with Crippen LogP contribution < -0.4 is 15.5 Å². The minimum absolute atomic E-state index is 0.193. The molecule has 0 aromatic carbocycles. The number of rotatable bonds is 6. The molecule has 0 spiro atoms. The number of likely N-dealkylation sites (N-methyl/N-ethyl adjacent to an activating group) is 1. The summed E-state index contributed by atoms with van der Waals surface area (Å²) in [5.41, 5.74) is 1.26. The van der Waals surface area contributed by atoms with Crippen molar-refractivity contribution in [1.29, 1.82) is 0 Å². The Balaban J connectivity index is 1.15. The fraction of sp³-hybridized carbons (Fsp3) is 0.583. The third kappa shape index (κ3) is 4.57. The van der Waals surface area contributed by atoms with Gasteiger partial charge >= 0.3 is 6.09 Å². The molecule has 11 nitrogen and oxygen atoms in total. The van der Waals surface area contributed by atoms with Crippen molar-refractivity contribution in [2.75, 3.05) is 43.4 Å². The van der Waals surface area contributed by atoms with E-state index in [1.807, 2.05) is 23.6 Å². The molecule has 36 heavy (non-hydrogen) atoms. The summed E-state index contributed by atoms with van der Waals surface area (Å²) in [6.07, 6.45) is 3.88. The summed E-state index contributed by atoms with van der Waals surface area (Å²) in [7, 11) is 2.12. The summed E-state index contributed by atoms with van der Waals surface area (Å²) in [5, 5.41) is 13.4. The van der Waals surface area contributed by atoms with E-state index < -0.39 is 24.3 Å². The van der Waals surface area contributed by atoms with Crippen LogP contribution in [0, 0.1) is 0 Å². The van der Waals surface area contributed by atoms with Crippen LogP contribution in [0.2, 0.25) is 0 Å². The van der Waals surface area contributed by atoms with Gasteiger partial charge in [-0.3, -0.25) is 9.50 Å². The highest BCUT2D eigenvalue weighted by Crippen LogP contribution is 2.39. The van der Waals surface area contributed by atoms with Crippen molar-refractivity contribution in [2.24, 2.45) is 0 Å². The van der Waals surface area contributed by atoms with Gasteiger partial charge in [-0.1, -0.05) is 0 Å². The van der Waals surface area contributed by atoms with Crippen LogP contribution in [0.25, 0.3) is 5.65 Å². The SMILES string of the molecule is CN1CCN(c2cc3nccn3c(Nc3cc([C@H]4CC[C@@H](OC(=O)NC5(C)CC5)[C@H]4F)[nH]n3)n2)CC1. The molecule has 1 amide bonds. The number of hydrogen-bond acceptors (Lipinski definition) is 8. The van der Waals surface area contributed by atoms with Crippen molar-refractivity contribution in [3.05, 3.63) is 30.2 Å². The number of nitrogens with one attached hydrogen (secondary N) is 3. The number of fused-ring (bicyclic) bond motifs is 1. The van der Waals surface area contributed by atoms with Crippen LogP contribution in [0.4, 0.5) is 26.8 Å². The lowest BCUT2D eigenvalue weighted by atomic mass is 10.0. The summed E-state index contributed by atoms with van der Waals surface area (Å²) < 4.78 is 22.5. The number of alkyl halides is 1. The van der Waals surface area contributed by atoms with Gasteiger partial charge in [0.05, 0.1) is 0 Å². The van der Waals surface area contributed by atoms with Crippen LogP contribution in [-0.4, -0.2) is 86.6 Å². The van der Waals surface area contributed by atoms with Crippen LogP contribution in [0.5, 0.6) is 0 Å². The number of piperazine rings is 1. The van der Waals surface area contributed by atoms with E-state index in [1.165, 1.54) is 0 Å². The molecule has 3 aromatic heterocycles. The van der Waals surface area contributed by atoms with Crippen LogP contribution >= 0.6 is 0 Å². The van der Waals surface area contributed by atoms with Crippen molar-refractivity contribution in [1.82, 2.24) is 34.8 Å². The first kappa shape index (κ1) is 23.0. The molecule has 4 heterocycles. The highest BCUT2D eigenvalue weighted by molar-refractivity contribution is 5.69. The van der Waals surface area contributed by atoms with E-state index >= 15 is 4.39 Å². The largest absolute Gasteiger partial charge is 0.443 e. The standard InChI is InChI=1S/C24H32FN9O2/c1-24(5-6-24)29-23(35)36-17-4-3-15(21(17)25)16-13-18(31-30-16)27-22-28-20(14-19-26-7-8-34(19)22)33-11-9-32(2)10-12-33/h7-8,13-15,17,21H,3-6,9-12H2,1-2H3,(H,29,35)(H2,27,28,30,31)/t15-,17-,21+/m1/s1. The molecule has 0 bridgehead atoms. The third-order valence-corrected chi connectivity index (χ3v) is 7.60. The Morgan fingerprint density at radius 3 is 2.81 bits per heavy atom. The monoisotopic (exact) mass is 497 g/mol. The Morgan fingerprint density at radius 2 is 2.03 bits per heavy atom. The highest BCUT2D eigenvalue weighted by atomic mass is 19.1. The topological polar surface area (TPSA) is 116 Å². The maximum Gasteiger partial charge on any atom is 0.407 e. The number of amides is 1. The van der Waals surface area contributed by atoms with Crippen LogP contribution in [0.15, 0.2) is 24.5 Å². The summed E-state index contributed by atoms with van der Waals surface area (Å²) in [5.74, 6) is 1.57. The van der Waals surface area contributed by atoms with Gasteiger partial charge in [-0.2, -0.15) is 10.1 Å². The van der Waals surface area contributed by atoms with E-state index in [9.17, 15) is 4.79 Å². The molecule has 2 saturated carbocycles. The predicted molar refractivity (Wildman–Crippen MR) is 132 cm³/mol. The first-order chi connectivity index (χ1) is 17.4. The van der Waals surface area contributed by atoms with Crippen molar-refractivity contribution >= 4 is 29.3 Å². The van der Waals surface area contributed by atoms with Gasteiger partial charge in [-0.25, -0.2) is 14.2 Å². The molecule has 3 aliphatic rings. The van der Waals surface area contributed by atoms with Crippen molar-refractivity contribution in [3.8, 4) is 0 Å². The molecular formula is C24H32FN9O2. The first-order valence-corrected chi connectivity index (χ1v) is 12.6. The van der Waals surface area contributed by atoms with Crippen LogP contribution in [0.1, 0.15) is 44.2 Å². The summed E-state index contributed by atoms with van der Waals surface area (Å²) >= 11 is 0. The fourth-order valence-corrected chi connectivity index (χ4v) is 5.00. The lowest BCUT2D eigenvalue weighted by Crippen LogP contribution is -2.44. The second-order valence-corrected chi connectivity index (χ2v) is 10.5. The lowest BCUT2D eigenvalue weighted by Gasteiger charge is -2.33. The average molecular weight is 498 g/mol. The second kappa shape index (κ2) is 8.91. The van der Waals surface area contributed by atoms with Gasteiger partial charge in [0.2, 0.25) is 5.95 Å². The van der Waals surface area contributed by atoms with E-state index in [0.29, 0.717) is 30.3 Å². The number of carbonyl (C=O) groups is 1. The summed E-state index contributed by atoms with van der Waals surface area (Å²) in [6.45, 7) is 5.71. The van der Waals surface area contributed by atoms with Crippen molar-refractivity contribution in [2.45, 2.75) is 56.3 Å². The predicted octanol–water partition coefficient (Wildman–Crippen LogP) is 2.81. The van der Waals surface area contributed by atoms with Gasteiger partial charge in [-0.05, 0) is 39.7 Å². The number of ether oxygens (including phenoxy) is 1. The normalized spacial score (nSPS) is 25.8. The highest BCUT2D eigenvalue weighted by Gasteiger charge is 2.43. The van der Waals surface area contributed by atoms with Gasteiger partial charge < -0.3 is 25.2 Å². The van der Waals surface area contributed by atoms with E-state index in [-0.39, 0.29) is 5.54 Å². The molecule has 1 aliphatic heterocycles. The number of hydrogen-bond donors (Lipinski definition) is 3. The molecule has 192 valence electrons. The number of imidazole rings is 1. The number of H-pyrrole nitrogens is 1. The number of aromatic amines is 1. The third-order valence-electron chi connectivity index (χ3n) is 7.60. The van der Waals surface area contributed by atoms with E-state index in [0.717, 1.165) is 50.5 Å². The molecule has 2 aliphatic carbocycles.